The summed E-state index contributed by atoms with van der Waals surface area (Å²) in [5.41, 5.74) is 0. The lowest BCUT2D eigenvalue weighted by molar-refractivity contribution is -0.125. The minimum absolute atomic E-state index is 0.0385. The number of methoxy groups -OCH3 is 1. The summed E-state index contributed by atoms with van der Waals surface area (Å²) in [6.45, 7) is 3.74. The summed E-state index contributed by atoms with van der Waals surface area (Å²) in [5.74, 6) is 0.0720. The molecule has 1 aliphatic heterocycles. The molecule has 2 N–H and O–H groups in total. The van der Waals surface area contributed by atoms with Crippen LogP contribution in [-0.2, 0) is 9.53 Å². The van der Waals surface area contributed by atoms with Crippen LogP contribution in [0.3, 0.4) is 0 Å². The molecule has 4 heteroatoms. The molecule has 1 fully saturated rings. The van der Waals surface area contributed by atoms with Gasteiger partial charge in [0.1, 0.15) is 6.04 Å². The van der Waals surface area contributed by atoms with Crippen LogP contribution < -0.4 is 10.6 Å². The van der Waals surface area contributed by atoms with E-state index < -0.39 is 0 Å². The Morgan fingerprint density at radius 3 is 3.07 bits per heavy atom. The first-order valence-electron chi connectivity index (χ1n) is 5.33. The number of ether oxygens (including phenoxy) is 1. The van der Waals surface area contributed by atoms with Crippen LogP contribution in [0.15, 0.2) is 0 Å². The van der Waals surface area contributed by atoms with E-state index >= 15 is 0 Å². The van der Waals surface area contributed by atoms with Crippen molar-refractivity contribution in [2.45, 2.75) is 38.3 Å². The van der Waals surface area contributed by atoms with E-state index in [2.05, 4.69) is 17.6 Å². The van der Waals surface area contributed by atoms with Crippen LogP contribution in [0.25, 0.3) is 0 Å². The van der Waals surface area contributed by atoms with Crippen LogP contribution in [0.2, 0.25) is 0 Å². The van der Waals surface area contributed by atoms with E-state index in [4.69, 9.17) is 4.74 Å². The van der Waals surface area contributed by atoms with Gasteiger partial charge in [0.05, 0.1) is 6.10 Å². The minimum atomic E-state index is -0.156. The van der Waals surface area contributed by atoms with Crippen molar-refractivity contribution in [3.05, 3.63) is 0 Å². The van der Waals surface area contributed by atoms with Gasteiger partial charge >= 0.3 is 0 Å². The second-order valence-corrected chi connectivity index (χ2v) is 3.64. The lowest BCUT2D eigenvalue weighted by Gasteiger charge is -2.17. The number of hydrogen-bond donors (Lipinski definition) is 2. The summed E-state index contributed by atoms with van der Waals surface area (Å²) >= 11 is 0. The van der Waals surface area contributed by atoms with Gasteiger partial charge in [0.2, 0.25) is 5.91 Å². The van der Waals surface area contributed by atoms with Crippen molar-refractivity contribution in [3.63, 3.8) is 0 Å². The molecule has 0 aromatic rings. The number of rotatable bonds is 5. The zero-order chi connectivity index (χ0) is 10.4. The Balaban J connectivity index is 2.28. The SMILES string of the molecule is CCCCNC(=O)C1NCCC1OC. The maximum Gasteiger partial charge on any atom is 0.239 e. The summed E-state index contributed by atoms with van der Waals surface area (Å²) in [6, 6.07) is -0.156. The minimum Gasteiger partial charge on any atom is -0.379 e. The van der Waals surface area contributed by atoms with Crippen LogP contribution in [0.5, 0.6) is 0 Å². The summed E-state index contributed by atoms with van der Waals surface area (Å²) in [5, 5.41) is 6.06. The highest BCUT2D eigenvalue weighted by atomic mass is 16.5. The lowest BCUT2D eigenvalue weighted by atomic mass is 10.1. The molecule has 0 saturated carbocycles. The average molecular weight is 200 g/mol. The summed E-state index contributed by atoms with van der Waals surface area (Å²) < 4.78 is 5.23. The Morgan fingerprint density at radius 1 is 1.64 bits per heavy atom. The number of hydrogen-bond acceptors (Lipinski definition) is 3. The van der Waals surface area contributed by atoms with E-state index in [-0.39, 0.29) is 18.1 Å². The molecule has 0 aliphatic carbocycles. The second-order valence-electron chi connectivity index (χ2n) is 3.64. The molecule has 2 atom stereocenters. The molecule has 0 aromatic carbocycles. The van der Waals surface area contributed by atoms with Gasteiger partial charge in [-0.25, -0.2) is 0 Å². The summed E-state index contributed by atoms with van der Waals surface area (Å²) in [6.07, 6.45) is 3.10. The fraction of sp³-hybridized carbons (Fsp3) is 0.900. The molecule has 4 nitrogen and oxygen atoms in total. The number of unbranched alkanes of at least 4 members (excludes halogenated alkanes) is 1. The van der Waals surface area contributed by atoms with Crippen molar-refractivity contribution in [3.8, 4) is 0 Å². The summed E-state index contributed by atoms with van der Waals surface area (Å²) in [4.78, 5) is 11.6. The lowest BCUT2D eigenvalue weighted by Crippen LogP contribution is -2.46. The standard InChI is InChI=1S/C10H20N2O2/c1-3-4-6-12-10(13)9-8(14-2)5-7-11-9/h8-9,11H,3-7H2,1-2H3,(H,12,13). The maximum atomic E-state index is 11.6. The molecule has 1 saturated heterocycles. The number of carbonyl (C=O) groups excluding carboxylic acids is 1. The number of carbonyl (C=O) groups is 1. The predicted molar refractivity (Wildman–Crippen MR) is 55.1 cm³/mol. The van der Waals surface area contributed by atoms with E-state index in [1.54, 1.807) is 7.11 Å². The molecule has 14 heavy (non-hydrogen) atoms. The molecule has 0 spiro atoms. The van der Waals surface area contributed by atoms with Gasteiger partial charge in [-0.2, -0.15) is 0 Å². The molecule has 1 amide bonds. The maximum absolute atomic E-state index is 11.6. The van der Waals surface area contributed by atoms with Gasteiger partial charge in [-0.05, 0) is 19.4 Å². The molecule has 1 rings (SSSR count). The normalized spacial score (nSPS) is 26.4. The van der Waals surface area contributed by atoms with Crippen molar-refractivity contribution in [1.29, 1.82) is 0 Å². The van der Waals surface area contributed by atoms with Gasteiger partial charge in [0.15, 0.2) is 0 Å². The van der Waals surface area contributed by atoms with E-state index in [0.717, 1.165) is 32.4 Å². The first-order valence-corrected chi connectivity index (χ1v) is 5.33. The summed E-state index contributed by atoms with van der Waals surface area (Å²) in [7, 11) is 1.66. The van der Waals surface area contributed by atoms with E-state index in [9.17, 15) is 4.79 Å². The molecular weight excluding hydrogens is 180 g/mol. The van der Waals surface area contributed by atoms with Gasteiger partial charge < -0.3 is 15.4 Å². The van der Waals surface area contributed by atoms with Crippen molar-refractivity contribution < 1.29 is 9.53 Å². The van der Waals surface area contributed by atoms with Crippen molar-refractivity contribution in [1.82, 2.24) is 10.6 Å². The van der Waals surface area contributed by atoms with E-state index in [1.165, 1.54) is 0 Å². The Bertz CT molecular complexity index is 185. The highest BCUT2D eigenvalue weighted by Crippen LogP contribution is 2.10. The first kappa shape index (κ1) is 11.5. The Hall–Kier alpha value is -0.610. The zero-order valence-corrected chi connectivity index (χ0v) is 9.01. The largest absolute Gasteiger partial charge is 0.379 e. The molecule has 0 bridgehead atoms. The van der Waals surface area contributed by atoms with Crippen LogP contribution in [0.4, 0.5) is 0 Å². The third-order valence-corrected chi connectivity index (χ3v) is 2.58. The predicted octanol–water partition coefficient (Wildman–Crippen LogP) is 0.280. The Kier molecular flexibility index (Phi) is 4.90. The topological polar surface area (TPSA) is 50.4 Å². The van der Waals surface area contributed by atoms with Gasteiger partial charge in [-0.1, -0.05) is 13.3 Å². The molecule has 0 radical (unpaired) electrons. The third-order valence-electron chi connectivity index (χ3n) is 2.58. The average Bonchev–Trinajstić information content (AvgIpc) is 2.65. The molecule has 1 heterocycles. The van der Waals surface area contributed by atoms with Crippen molar-refractivity contribution in [2.75, 3.05) is 20.2 Å². The van der Waals surface area contributed by atoms with Crippen LogP contribution in [0, 0.1) is 0 Å². The fourth-order valence-electron chi connectivity index (χ4n) is 1.69. The third kappa shape index (κ3) is 2.96. The molecule has 2 unspecified atom stereocenters. The Labute approximate surface area is 85.4 Å². The van der Waals surface area contributed by atoms with Gasteiger partial charge in [-0.15, -0.1) is 0 Å². The highest BCUT2D eigenvalue weighted by Gasteiger charge is 2.32. The van der Waals surface area contributed by atoms with Crippen LogP contribution >= 0.6 is 0 Å². The number of amides is 1. The highest BCUT2D eigenvalue weighted by molar-refractivity contribution is 5.82. The first-order chi connectivity index (χ1) is 6.79. The molecule has 0 aromatic heterocycles. The van der Waals surface area contributed by atoms with Gasteiger partial charge in [0.25, 0.3) is 0 Å². The molecular formula is C10H20N2O2. The van der Waals surface area contributed by atoms with Crippen LogP contribution in [0.1, 0.15) is 26.2 Å². The monoisotopic (exact) mass is 200 g/mol. The van der Waals surface area contributed by atoms with Gasteiger partial charge in [-0.3, -0.25) is 4.79 Å². The van der Waals surface area contributed by atoms with Crippen molar-refractivity contribution >= 4 is 5.91 Å². The van der Waals surface area contributed by atoms with Gasteiger partial charge in [0, 0.05) is 13.7 Å². The van der Waals surface area contributed by atoms with Crippen LogP contribution in [-0.4, -0.2) is 38.3 Å². The van der Waals surface area contributed by atoms with E-state index in [0.29, 0.717) is 0 Å². The van der Waals surface area contributed by atoms with Crippen molar-refractivity contribution in [2.24, 2.45) is 0 Å². The zero-order valence-electron chi connectivity index (χ0n) is 9.01. The Morgan fingerprint density at radius 2 is 2.43 bits per heavy atom. The quantitative estimate of drug-likeness (QED) is 0.627. The second kappa shape index (κ2) is 5.98. The smallest absolute Gasteiger partial charge is 0.239 e. The van der Waals surface area contributed by atoms with E-state index in [1.807, 2.05) is 0 Å². The number of nitrogens with one attached hydrogen (secondary N) is 2. The molecule has 1 aliphatic rings. The fourth-order valence-corrected chi connectivity index (χ4v) is 1.69. The molecule has 82 valence electrons.